The first-order valence-electron chi connectivity index (χ1n) is 8.92. The molecular weight excluding hydrogens is 262 g/mol. The van der Waals surface area contributed by atoms with E-state index in [1.54, 1.807) is 0 Å². The number of Topliss-reactive ketones (excluding diaryl/α,β-unsaturated/α-hetero) is 1. The van der Waals surface area contributed by atoms with E-state index >= 15 is 0 Å². The highest BCUT2D eigenvalue weighted by Crippen LogP contribution is 2.12. The second kappa shape index (κ2) is 16.0. The molecule has 3 nitrogen and oxygen atoms in total. The summed E-state index contributed by atoms with van der Waals surface area (Å²) in [5.41, 5.74) is 0. The number of ketones is 1. The van der Waals surface area contributed by atoms with Crippen LogP contribution < -0.4 is 5.32 Å². The minimum atomic E-state index is -0.411. The minimum Gasteiger partial charge on any atom is -0.394 e. The lowest BCUT2D eigenvalue weighted by Gasteiger charge is -2.13. The molecule has 21 heavy (non-hydrogen) atoms. The number of carbonyl (C=O) groups excluding carboxylic acids is 1. The molecule has 0 heterocycles. The van der Waals surface area contributed by atoms with E-state index in [0.717, 1.165) is 12.8 Å². The van der Waals surface area contributed by atoms with Crippen molar-refractivity contribution in [3.63, 3.8) is 0 Å². The number of unbranched alkanes of at least 4 members (excludes halogenated alkanes) is 10. The Labute approximate surface area is 131 Å². The fourth-order valence-electron chi connectivity index (χ4n) is 2.59. The SMILES string of the molecule is [CH2]CNC(CO)C(=O)CCCCCCCCCCCCC. The van der Waals surface area contributed by atoms with Crippen molar-refractivity contribution in [3.05, 3.63) is 6.92 Å². The maximum Gasteiger partial charge on any atom is 0.152 e. The second-order valence-corrected chi connectivity index (χ2v) is 5.94. The third kappa shape index (κ3) is 13.0. The van der Waals surface area contributed by atoms with Gasteiger partial charge < -0.3 is 10.4 Å². The van der Waals surface area contributed by atoms with Gasteiger partial charge in [0.1, 0.15) is 0 Å². The summed E-state index contributed by atoms with van der Waals surface area (Å²) < 4.78 is 0. The maximum atomic E-state index is 11.8. The lowest BCUT2D eigenvalue weighted by atomic mass is 10.0. The van der Waals surface area contributed by atoms with Gasteiger partial charge in [-0.05, 0) is 19.9 Å². The van der Waals surface area contributed by atoms with Crippen molar-refractivity contribution < 1.29 is 9.90 Å². The molecule has 0 aliphatic carbocycles. The average molecular weight is 298 g/mol. The van der Waals surface area contributed by atoms with E-state index in [9.17, 15) is 4.79 Å². The van der Waals surface area contributed by atoms with Gasteiger partial charge in [-0.1, -0.05) is 71.1 Å². The zero-order valence-electron chi connectivity index (χ0n) is 14.0. The van der Waals surface area contributed by atoms with Crippen LogP contribution >= 0.6 is 0 Å². The standard InChI is InChI=1S/C18H36NO2/c1-3-5-6-7-8-9-10-11-12-13-14-15-18(21)17(16-20)19-4-2/h17,19-20H,2-16H2,1H3. The fourth-order valence-corrected chi connectivity index (χ4v) is 2.59. The summed E-state index contributed by atoms with van der Waals surface area (Å²) in [5, 5.41) is 12.0. The summed E-state index contributed by atoms with van der Waals surface area (Å²) in [6, 6.07) is -0.411. The molecule has 0 saturated carbocycles. The molecule has 125 valence electrons. The Kier molecular flexibility index (Phi) is 15.7. The molecule has 1 atom stereocenters. The molecule has 0 aliphatic heterocycles. The monoisotopic (exact) mass is 298 g/mol. The predicted molar refractivity (Wildman–Crippen MR) is 90.3 cm³/mol. The first-order valence-corrected chi connectivity index (χ1v) is 8.92. The number of carbonyl (C=O) groups is 1. The predicted octanol–water partition coefficient (Wildman–Crippen LogP) is 4.04. The van der Waals surface area contributed by atoms with Crippen molar-refractivity contribution in [3.8, 4) is 0 Å². The quantitative estimate of drug-likeness (QED) is 0.423. The van der Waals surface area contributed by atoms with Crippen molar-refractivity contribution in [2.24, 2.45) is 0 Å². The summed E-state index contributed by atoms with van der Waals surface area (Å²) in [4.78, 5) is 11.8. The normalized spacial score (nSPS) is 12.5. The molecule has 0 aliphatic rings. The van der Waals surface area contributed by atoms with Crippen LogP contribution in [0.1, 0.15) is 84.0 Å². The van der Waals surface area contributed by atoms with E-state index in [4.69, 9.17) is 5.11 Å². The van der Waals surface area contributed by atoms with Gasteiger partial charge in [-0.15, -0.1) is 0 Å². The van der Waals surface area contributed by atoms with Crippen LogP contribution in [0.15, 0.2) is 0 Å². The Bertz CT molecular complexity index is 231. The van der Waals surface area contributed by atoms with E-state index in [2.05, 4.69) is 19.2 Å². The zero-order chi connectivity index (χ0) is 15.8. The van der Waals surface area contributed by atoms with Crippen LogP contribution in [-0.2, 0) is 4.79 Å². The third-order valence-electron chi connectivity index (χ3n) is 3.99. The first-order chi connectivity index (χ1) is 10.3. The molecule has 0 rings (SSSR count). The summed E-state index contributed by atoms with van der Waals surface area (Å²) >= 11 is 0. The van der Waals surface area contributed by atoms with Crippen LogP contribution in [0.25, 0.3) is 0 Å². The van der Waals surface area contributed by atoms with Gasteiger partial charge in [-0.2, -0.15) is 0 Å². The number of hydrogen-bond acceptors (Lipinski definition) is 3. The largest absolute Gasteiger partial charge is 0.394 e. The van der Waals surface area contributed by atoms with Crippen LogP contribution in [0.3, 0.4) is 0 Å². The minimum absolute atomic E-state index is 0.119. The summed E-state index contributed by atoms with van der Waals surface area (Å²) in [5.74, 6) is 0.122. The van der Waals surface area contributed by atoms with Gasteiger partial charge in [-0.25, -0.2) is 0 Å². The van der Waals surface area contributed by atoms with Gasteiger partial charge in [0, 0.05) is 6.42 Å². The highest BCUT2D eigenvalue weighted by Gasteiger charge is 2.14. The van der Waals surface area contributed by atoms with Crippen molar-refractivity contribution in [2.45, 2.75) is 90.0 Å². The molecule has 0 aromatic carbocycles. The van der Waals surface area contributed by atoms with Crippen molar-refractivity contribution in [2.75, 3.05) is 13.2 Å². The number of hydrogen-bond donors (Lipinski definition) is 2. The fraction of sp³-hybridized carbons (Fsp3) is 0.889. The van der Waals surface area contributed by atoms with Crippen LogP contribution in [0.4, 0.5) is 0 Å². The maximum absolute atomic E-state index is 11.8. The summed E-state index contributed by atoms with van der Waals surface area (Å²) in [6.07, 6.45) is 14.8. The number of aliphatic hydroxyl groups is 1. The molecule has 0 aromatic rings. The Morgan fingerprint density at radius 1 is 0.952 bits per heavy atom. The molecule has 0 amide bonds. The van der Waals surface area contributed by atoms with Gasteiger partial charge in [0.05, 0.1) is 12.6 Å². The number of nitrogens with one attached hydrogen (secondary N) is 1. The van der Waals surface area contributed by atoms with E-state index < -0.39 is 6.04 Å². The van der Waals surface area contributed by atoms with E-state index in [1.807, 2.05) is 0 Å². The van der Waals surface area contributed by atoms with E-state index in [-0.39, 0.29) is 12.4 Å². The van der Waals surface area contributed by atoms with Crippen LogP contribution in [0, 0.1) is 6.92 Å². The molecule has 0 aromatic heterocycles. The summed E-state index contributed by atoms with van der Waals surface area (Å²) in [6.45, 7) is 6.26. The van der Waals surface area contributed by atoms with Crippen molar-refractivity contribution >= 4 is 5.78 Å². The molecule has 0 fully saturated rings. The molecule has 1 unspecified atom stereocenters. The second-order valence-electron chi connectivity index (χ2n) is 5.94. The van der Waals surface area contributed by atoms with Crippen LogP contribution in [0.5, 0.6) is 0 Å². The van der Waals surface area contributed by atoms with Gasteiger partial charge in [0.2, 0.25) is 0 Å². The number of rotatable bonds is 16. The Hall–Kier alpha value is -0.410. The lowest BCUT2D eigenvalue weighted by molar-refractivity contribution is -0.122. The lowest BCUT2D eigenvalue weighted by Crippen LogP contribution is -2.39. The topological polar surface area (TPSA) is 49.3 Å². The van der Waals surface area contributed by atoms with Crippen LogP contribution in [0.2, 0.25) is 0 Å². The molecular formula is C18H36NO2. The smallest absolute Gasteiger partial charge is 0.152 e. The Morgan fingerprint density at radius 3 is 1.86 bits per heavy atom. The third-order valence-corrected chi connectivity index (χ3v) is 3.99. The Balaban J connectivity index is 3.30. The molecule has 0 spiro atoms. The molecule has 2 N–H and O–H groups in total. The average Bonchev–Trinajstić information content (AvgIpc) is 2.50. The van der Waals surface area contributed by atoms with Gasteiger partial charge in [0.25, 0.3) is 0 Å². The molecule has 0 bridgehead atoms. The molecule has 0 saturated heterocycles. The van der Waals surface area contributed by atoms with E-state index in [0.29, 0.717) is 13.0 Å². The summed E-state index contributed by atoms with van der Waals surface area (Å²) in [7, 11) is 0. The van der Waals surface area contributed by atoms with Crippen molar-refractivity contribution in [1.29, 1.82) is 0 Å². The van der Waals surface area contributed by atoms with Crippen molar-refractivity contribution in [1.82, 2.24) is 5.32 Å². The molecule has 3 heteroatoms. The highest BCUT2D eigenvalue weighted by molar-refractivity contribution is 5.84. The molecule has 1 radical (unpaired) electrons. The van der Waals surface area contributed by atoms with Gasteiger partial charge in [0.15, 0.2) is 5.78 Å². The van der Waals surface area contributed by atoms with E-state index in [1.165, 1.54) is 57.8 Å². The van der Waals surface area contributed by atoms with Crippen LogP contribution in [-0.4, -0.2) is 30.1 Å². The van der Waals surface area contributed by atoms with Gasteiger partial charge >= 0.3 is 0 Å². The van der Waals surface area contributed by atoms with Gasteiger partial charge in [-0.3, -0.25) is 4.79 Å². The highest BCUT2D eigenvalue weighted by atomic mass is 16.3. The zero-order valence-corrected chi connectivity index (χ0v) is 14.0. The Morgan fingerprint density at radius 2 is 1.43 bits per heavy atom. The number of aliphatic hydroxyl groups excluding tert-OH is 1. The first kappa shape index (κ1) is 20.6.